The summed E-state index contributed by atoms with van der Waals surface area (Å²) in [5.41, 5.74) is 0.0427. The lowest BCUT2D eigenvalue weighted by Gasteiger charge is -2.01. The van der Waals surface area contributed by atoms with Crippen molar-refractivity contribution in [2.45, 2.75) is 32.7 Å². The Kier molecular flexibility index (Phi) is 3.51. The largest absolute Gasteiger partial charge is 0.299 e. The molecule has 0 spiro atoms. The van der Waals surface area contributed by atoms with Crippen LogP contribution < -0.4 is 5.56 Å². The van der Waals surface area contributed by atoms with Gasteiger partial charge in [-0.15, -0.1) is 0 Å². The molecule has 0 saturated heterocycles. The van der Waals surface area contributed by atoms with Crippen LogP contribution in [0.15, 0.2) is 23.4 Å². The summed E-state index contributed by atoms with van der Waals surface area (Å²) < 4.78 is 1.65. The molecule has 3 heteroatoms. The Bertz CT molecular complexity index is 280. The van der Waals surface area contributed by atoms with Gasteiger partial charge in [0.05, 0.1) is 6.33 Å². The van der Waals surface area contributed by atoms with Gasteiger partial charge in [0.15, 0.2) is 0 Å². The third kappa shape index (κ3) is 2.49. The van der Waals surface area contributed by atoms with Crippen molar-refractivity contribution in [2.75, 3.05) is 0 Å². The fourth-order valence-corrected chi connectivity index (χ4v) is 1.08. The molecule has 1 aromatic rings. The van der Waals surface area contributed by atoms with Crippen molar-refractivity contribution in [3.8, 4) is 0 Å². The first-order valence-corrected chi connectivity index (χ1v) is 4.35. The zero-order valence-electron chi connectivity index (χ0n) is 7.36. The molecule has 1 heterocycles. The van der Waals surface area contributed by atoms with Crippen LogP contribution in [0.1, 0.15) is 26.2 Å². The topological polar surface area (TPSA) is 34.9 Å². The van der Waals surface area contributed by atoms with E-state index in [-0.39, 0.29) is 5.56 Å². The first kappa shape index (κ1) is 8.97. The average molecular weight is 166 g/mol. The second-order valence-electron chi connectivity index (χ2n) is 2.82. The molecular weight excluding hydrogens is 152 g/mol. The third-order valence-electron chi connectivity index (χ3n) is 1.79. The minimum atomic E-state index is 0.0427. The Morgan fingerprint density at radius 2 is 2.33 bits per heavy atom. The van der Waals surface area contributed by atoms with E-state index in [0.29, 0.717) is 0 Å². The van der Waals surface area contributed by atoms with Crippen molar-refractivity contribution in [1.82, 2.24) is 9.55 Å². The predicted molar refractivity (Wildman–Crippen MR) is 48.0 cm³/mol. The molecule has 0 bridgehead atoms. The van der Waals surface area contributed by atoms with E-state index >= 15 is 0 Å². The summed E-state index contributed by atoms with van der Waals surface area (Å²) in [6.07, 6.45) is 6.52. The maximum Gasteiger partial charge on any atom is 0.253 e. The molecule has 1 aromatic heterocycles. The van der Waals surface area contributed by atoms with Crippen LogP contribution in [0.4, 0.5) is 0 Å². The van der Waals surface area contributed by atoms with E-state index in [0.717, 1.165) is 13.0 Å². The Hall–Kier alpha value is -1.12. The summed E-state index contributed by atoms with van der Waals surface area (Å²) in [7, 11) is 0. The highest BCUT2D eigenvalue weighted by Gasteiger charge is 1.92. The molecule has 0 aromatic carbocycles. The van der Waals surface area contributed by atoms with Crippen LogP contribution in [-0.4, -0.2) is 9.55 Å². The zero-order chi connectivity index (χ0) is 8.81. The molecule has 0 aliphatic rings. The van der Waals surface area contributed by atoms with Gasteiger partial charge in [-0.2, -0.15) is 0 Å². The van der Waals surface area contributed by atoms with Gasteiger partial charge in [0.1, 0.15) is 0 Å². The predicted octanol–water partition coefficient (Wildman–Crippen LogP) is 1.43. The van der Waals surface area contributed by atoms with Gasteiger partial charge < -0.3 is 0 Å². The molecule has 0 amide bonds. The number of unbranched alkanes of at least 4 members (excludes halogenated alkanes) is 2. The molecule has 0 fully saturated rings. The summed E-state index contributed by atoms with van der Waals surface area (Å²) in [5, 5.41) is 0. The Labute approximate surface area is 72.1 Å². The molecular formula is C9H14N2O. The van der Waals surface area contributed by atoms with Crippen molar-refractivity contribution >= 4 is 0 Å². The van der Waals surface area contributed by atoms with Crippen molar-refractivity contribution in [2.24, 2.45) is 0 Å². The Morgan fingerprint density at radius 3 is 3.00 bits per heavy atom. The molecule has 0 saturated carbocycles. The minimum absolute atomic E-state index is 0.0427. The molecule has 0 radical (unpaired) electrons. The normalized spacial score (nSPS) is 10.1. The summed E-state index contributed by atoms with van der Waals surface area (Å²) in [6.45, 7) is 2.94. The number of nitrogens with zero attached hydrogens (tertiary/aromatic N) is 2. The number of hydrogen-bond donors (Lipinski definition) is 0. The van der Waals surface area contributed by atoms with E-state index < -0.39 is 0 Å². The quantitative estimate of drug-likeness (QED) is 0.634. The number of aromatic nitrogens is 2. The zero-order valence-corrected chi connectivity index (χ0v) is 7.36. The molecule has 0 atom stereocenters. The van der Waals surface area contributed by atoms with Gasteiger partial charge in [0.25, 0.3) is 5.56 Å². The summed E-state index contributed by atoms with van der Waals surface area (Å²) in [6, 6.07) is 1.49. The maximum absolute atomic E-state index is 11.1. The number of rotatable bonds is 4. The lowest BCUT2D eigenvalue weighted by molar-refractivity contribution is 0.579. The second-order valence-corrected chi connectivity index (χ2v) is 2.82. The molecule has 12 heavy (non-hydrogen) atoms. The molecule has 1 rings (SSSR count). The lowest BCUT2D eigenvalue weighted by Crippen LogP contribution is -2.18. The van der Waals surface area contributed by atoms with Gasteiger partial charge in [0, 0.05) is 18.8 Å². The van der Waals surface area contributed by atoms with Crippen LogP contribution in [0.25, 0.3) is 0 Å². The van der Waals surface area contributed by atoms with Gasteiger partial charge in [-0.3, -0.25) is 9.36 Å². The highest BCUT2D eigenvalue weighted by molar-refractivity contribution is 4.81. The van der Waals surface area contributed by atoms with Crippen molar-refractivity contribution in [3.05, 3.63) is 28.9 Å². The van der Waals surface area contributed by atoms with Gasteiger partial charge >= 0.3 is 0 Å². The van der Waals surface area contributed by atoms with Gasteiger partial charge in [-0.25, -0.2) is 4.98 Å². The molecule has 0 aliphatic heterocycles. The van der Waals surface area contributed by atoms with E-state index in [9.17, 15) is 4.79 Å². The molecule has 66 valence electrons. The van der Waals surface area contributed by atoms with Crippen molar-refractivity contribution < 1.29 is 0 Å². The van der Waals surface area contributed by atoms with Crippen LogP contribution in [0.5, 0.6) is 0 Å². The van der Waals surface area contributed by atoms with E-state index in [1.165, 1.54) is 25.1 Å². The van der Waals surface area contributed by atoms with E-state index in [1.54, 1.807) is 10.9 Å². The fraction of sp³-hybridized carbons (Fsp3) is 0.556. The van der Waals surface area contributed by atoms with Gasteiger partial charge in [0.2, 0.25) is 0 Å². The Morgan fingerprint density at radius 1 is 1.50 bits per heavy atom. The number of aryl methyl sites for hydroxylation is 1. The smallest absolute Gasteiger partial charge is 0.253 e. The molecule has 3 nitrogen and oxygen atoms in total. The van der Waals surface area contributed by atoms with Gasteiger partial charge in [-0.05, 0) is 6.42 Å². The monoisotopic (exact) mass is 166 g/mol. The average Bonchev–Trinajstić information content (AvgIpc) is 2.09. The maximum atomic E-state index is 11.1. The summed E-state index contributed by atoms with van der Waals surface area (Å²) >= 11 is 0. The molecule has 0 aliphatic carbocycles. The fourth-order valence-electron chi connectivity index (χ4n) is 1.08. The van der Waals surface area contributed by atoms with E-state index in [4.69, 9.17) is 0 Å². The SMILES string of the molecule is CCCCCn1cnccc1=O. The standard InChI is InChI=1S/C9H14N2O/c1-2-3-4-7-11-8-10-6-5-9(11)12/h5-6,8H,2-4,7H2,1H3. The van der Waals surface area contributed by atoms with Crippen LogP contribution in [0.2, 0.25) is 0 Å². The molecule has 0 unspecified atom stereocenters. The number of hydrogen-bond acceptors (Lipinski definition) is 2. The highest BCUT2D eigenvalue weighted by atomic mass is 16.1. The Balaban J connectivity index is 2.52. The van der Waals surface area contributed by atoms with Crippen LogP contribution in [0, 0.1) is 0 Å². The van der Waals surface area contributed by atoms with Crippen molar-refractivity contribution in [3.63, 3.8) is 0 Å². The van der Waals surface area contributed by atoms with Crippen molar-refractivity contribution in [1.29, 1.82) is 0 Å². The van der Waals surface area contributed by atoms with E-state index in [1.807, 2.05) is 0 Å². The summed E-state index contributed by atoms with van der Waals surface area (Å²) in [5.74, 6) is 0. The van der Waals surface area contributed by atoms with Crippen LogP contribution in [-0.2, 0) is 6.54 Å². The first-order chi connectivity index (χ1) is 5.84. The third-order valence-corrected chi connectivity index (χ3v) is 1.79. The minimum Gasteiger partial charge on any atom is -0.299 e. The highest BCUT2D eigenvalue weighted by Crippen LogP contribution is 1.94. The first-order valence-electron chi connectivity index (χ1n) is 4.35. The van der Waals surface area contributed by atoms with E-state index in [2.05, 4.69) is 11.9 Å². The molecule has 0 N–H and O–H groups in total. The van der Waals surface area contributed by atoms with Gasteiger partial charge in [-0.1, -0.05) is 19.8 Å². The van der Waals surface area contributed by atoms with Crippen LogP contribution in [0.3, 0.4) is 0 Å². The second kappa shape index (κ2) is 4.70. The van der Waals surface area contributed by atoms with Crippen LogP contribution >= 0.6 is 0 Å². The lowest BCUT2D eigenvalue weighted by atomic mass is 10.2. The summed E-state index contributed by atoms with van der Waals surface area (Å²) in [4.78, 5) is 15.0.